The monoisotopic (exact) mass is 296 g/mol. The molecule has 2 aromatic heterocycles. The zero-order chi connectivity index (χ0) is 14.3. The number of halogens is 4. The van der Waals surface area contributed by atoms with Crippen LogP contribution >= 0.6 is 11.6 Å². The first-order valence-electron chi connectivity index (χ1n) is 5.74. The molecule has 0 bridgehead atoms. The van der Waals surface area contributed by atoms with E-state index in [9.17, 15) is 13.2 Å². The Morgan fingerprint density at radius 2 is 1.85 bits per heavy atom. The minimum Gasteiger partial charge on any atom is -0.354 e. The fourth-order valence-electron chi connectivity index (χ4n) is 2.00. The second-order valence-corrected chi connectivity index (χ2v) is 4.81. The first-order chi connectivity index (χ1) is 9.43. The molecule has 20 heavy (non-hydrogen) atoms. The summed E-state index contributed by atoms with van der Waals surface area (Å²) in [6.45, 7) is 0. The molecule has 1 aromatic carbocycles. The van der Waals surface area contributed by atoms with E-state index >= 15 is 0 Å². The molecular formula is C14H8ClF3N2. The van der Waals surface area contributed by atoms with Gasteiger partial charge >= 0.3 is 6.18 Å². The SMILES string of the molecule is FC(F)(F)c1cncc(-c2cc3ccc(Cl)cc3[nH]2)c1. The number of hydrogen-bond acceptors (Lipinski definition) is 1. The summed E-state index contributed by atoms with van der Waals surface area (Å²) >= 11 is 5.88. The molecule has 0 aliphatic carbocycles. The van der Waals surface area contributed by atoms with Crippen LogP contribution in [0, 0.1) is 0 Å². The topological polar surface area (TPSA) is 28.7 Å². The van der Waals surface area contributed by atoms with Gasteiger partial charge < -0.3 is 4.98 Å². The van der Waals surface area contributed by atoms with E-state index in [1.165, 1.54) is 6.20 Å². The minimum absolute atomic E-state index is 0.382. The second kappa shape index (κ2) is 4.52. The highest BCUT2D eigenvalue weighted by Gasteiger charge is 2.31. The van der Waals surface area contributed by atoms with E-state index in [2.05, 4.69) is 9.97 Å². The first kappa shape index (κ1) is 13.0. The molecule has 1 N–H and O–H groups in total. The van der Waals surface area contributed by atoms with Gasteiger partial charge in [0.2, 0.25) is 0 Å². The number of rotatable bonds is 1. The highest BCUT2D eigenvalue weighted by Crippen LogP contribution is 2.32. The third kappa shape index (κ3) is 2.36. The number of H-pyrrole nitrogens is 1. The number of nitrogens with zero attached hydrogens (tertiary/aromatic N) is 1. The third-order valence-electron chi connectivity index (χ3n) is 2.96. The largest absolute Gasteiger partial charge is 0.417 e. The predicted molar refractivity (Wildman–Crippen MR) is 71.5 cm³/mol. The van der Waals surface area contributed by atoms with Gasteiger partial charge in [-0.05, 0) is 24.3 Å². The number of pyridine rings is 1. The van der Waals surface area contributed by atoms with Crippen molar-refractivity contribution in [2.45, 2.75) is 6.18 Å². The summed E-state index contributed by atoms with van der Waals surface area (Å²) in [5.41, 5.74) is 0.949. The van der Waals surface area contributed by atoms with E-state index in [0.29, 0.717) is 16.3 Å². The van der Waals surface area contributed by atoms with E-state index in [-0.39, 0.29) is 0 Å². The van der Waals surface area contributed by atoms with Gasteiger partial charge in [0.25, 0.3) is 0 Å². The highest BCUT2D eigenvalue weighted by molar-refractivity contribution is 6.31. The zero-order valence-electron chi connectivity index (χ0n) is 10.0. The average Bonchev–Trinajstić information content (AvgIpc) is 2.81. The van der Waals surface area contributed by atoms with E-state index in [4.69, 9.17) is 11.6 Å². The maximum atomic E-state index is 12.7. The average molecular weight is 297 g/mol. The molecular weight excluding hydrogens is 289 g/mol. The quantitative estimate of drug-likeness (QED) is 0.679. The minimum atomic E-state index is -4.40. The van der Waals surface area contributed by atoms with E-state index < -0.39 is 11.7 Å². The maximum Gasteiger partial charge on any atom is 0.417 e. The van der Waals surface area contributed by atoms with Gasteiger partial charge in [-0.2, -0.15) is 13.2 Å². The Morgan fingerprint density at radius 1 is 1.05 bits per heavy atom. The van der Waals surface area contributed by atoms with E-state index in [1.807, 2.05) is 0 Å². The molecule has 0 atom stereocenters. The molecule has 0 saturated heterocycles. The van der Waals surface area contributed by atoms with Crippen LogP contribution in [0.1, 0.15) is 5.56 Å². The summed E-state index contributed by atoms with van der Waals surface area (Å²) in [7, 11) is 0. The van der Waals surface area contributed by atoms with Crippen LogP contribution in [-0.4, -0.2) is 9.97 Å². The number of aromatic nitrogens is 2. The van der Waals surface area contributed by atoms with Crippen molar-refractivity contribution in [2.75, 3.05) is 0 Å². The van der Waals surface area contributed by atoms with Gasteiger partial charge in [0.15, 0.2) is 0 Å². The van der Waals surface area contributed by atoms with Crippen molar-refractivity contribution >= 4 is 22.5 Å². The van der Waals surface area contributed by atoms with Crippen LogP contribution in [0.15, 0.2) is 42.7 Å². The lowest BCUT2D eigenvalue weighted by atomic mass is 10.1. The lowest BCUT2D eigenvalue weighted by Crippen LogP contribution is -2.05. The predicted octanol–water partition coefficient (Wildman–Crippen LogP) is 4.90. The number of hydrogen-bond donors (Lipinski definition) is 1. The molecule has 2 heterocycles. The Kier molecular flexibility index (Phi) is 2.94. The Morgan fingerprint density at radius 3 is 2.60 bits per heavy atom. The van der Waals surface area contributed by atoms with Gasteiger partial charge in [-0.1, -0.05) is 17.7 Å². The van der Waals surface area contributed by atoms with Gasteiger partial charge in [0.05, 0.1) is 5.56 Å². The molecule has 0 amide bonds. The van der Waals surface area contributed by atoms with Crippen LogP contribution in [0.4, 0.5) is 13.2 Å². The Labute approximate surface area is 117 Å². The van der Waals surface area contributed by atoms with Crippen molar-refractivity contribution in [3.8, 4) is 11.3 Å². The molecule has 102 valence electrons. The maximum absolute atomic E-state index is 12.7. The number of nitrogens with one attached hydrogen (secondary N) is 1. The van der Waals surface area contributed by atoms with Crippen molar-refractivity contribution < 1.29 is 13.2 Å². The zero-order valence-corrected chi connectivity index (χ0v) is 10.8. The smallest absolute Gasteiger partial charge is 0.354 e. The van der Waals surface area contributed by atoms with Crippen LogP contribution < -0.4 is 0 Å². The Hall–Kier alpha value is -2.01. The highest BCUT2D eigenvalue weighted by atomic mass is 35.5. The fraction of sp³-hybridized carbons (Fsp3) is 0.0714. The van der Waals surface area contributed by atoms with Crippen molar-refractivity contribution in [1.82, 2.24) is 9.97 Å². The molecule has 3 aromatic rings. The van der Waals surface area contributed by atoms with Gasteiger partial charge in [0, 0.05) is 39.6 Å². The summed E-state index contributed by atoms with van der Waals surface area (Å²) in [4.78, 5) is 6.69. The Bertz CT molecular complexity index is 777. The molecule has 0 aliphatic rings. The lowest BCUT2D eigenvalue weighted by Gasteiger charge is -2.06. The summed E-state index contributed by atoms with van der Waals surface area (Å²) in [5, 5.41) is 1.44. The van der Waals surface area contributed by atoms with Crippen molar-refractivity contribution in [3.63, 3.8) is 0 Å². The van der Waals surface area contributed by atoms with E-state index in [0.717, 1.165) is 23.2 Å². The Balaban J connectivity index is 2.11. The van der Waals surface area contributed by atoms with Gasteiger partial charge in [-0.15, -0.1) is 0 Å². The van der Waals surface area contributed by atoms with Gasteiger partial charge in [-0.3, -0.25) is 4.98 Å². The number of aromatic amines is 1. The second-order valence-electron chi connectivity index (χ2n) is 4.37. The van der Waals surface area contributed by atoms with Crippen LogP contribution in [0.2, 0.25) is 5.02 Å². The lowest BCUT2D eigenvalue weighted by molar-refractivity contribution is -0.137. The normalized spacial score (nSPS) is 12.0. The third-order valence-corrected chi connectivity index (χ3v) is 3.20. The number of alkyl halides is 3. The molecule has 0 fully saturated rings. The number of benzene rings is 1. The fourth-order valence-corrected chi connectivity index (χ4v) is 2.17. The van der Waals surface area contributed by atoms with Crippen molar-refractivity contribution in [1.29, 1.82) is 0 Å². The summed E-state index contributed by atoms with van der Waals surface area (Å²) < 4.78 is 38.0. The first-order valence-corrected chi connectivity index (χ1v) is 6.12. The van der Waals surface area contributed by atoms with Crippen LogP contribution in [0.3, 0.4) is 0 Å². The van der Waals surface area contributed by atoms with Crippen LogP contribution in [0.25, 0.3) is 22.2 Å². The van der Waals surface area contributed by atoms with Crippen molar-refractivity contribution in [3.05, 3.63) is 53.3 Å². The standard InChI is InChI=1S/C14H8ClF3N2/c15-11-2-1-8-4-12(20-13(8)5-11)9-3-10(7-19-6-9)14(16,17)18/h1-7,20H. The van der Waals surface area contributed by atoms with Crippen LogP contribution in [0.5, 0.6) is 0 Å². The molecule has 0 spiro atoms. The van der Waals surface area contributed by atoms with Crippen molar-refractivity contribution in [2.24, 2.45) is 0 Å². The number of fused-ring (bicyclic) bond motifs is 1. The molecule has 6 heteroatoms. The van der Waals surface area contributed by atoms with Gasteiger partial charge in [-0.25, -0.2) is 0 Å². The molecule has 0 unspecified atom stereocenters. The summed E-state index contributed by atoms with van der Waals surface area (Å²) in [5.74, 6) is 0. The van der Waals surface area contributed by atoms with E-state index in [1.54, 1.807) is 24.3 Å². The molecule has 3 rings (SSSR count). The molecule has 2 nitrogen and oxygen atoms in total. The molecule has 0 saturated carbocycles. The summed E-state index contributed by atoms with van der Waals surface area (Å²) in [6.07, 6.45) is -2.21. The molecule has 0 radical (unpaired) electrons. The van der Waals surface area contributed by atoms with Gasteiger partial charge in [0.1, 0.15) is 0 Å². The molecule has 0 aliphatic heterocycles. The summed E-state index contributed by atoms with van der Waals surface area (Å²) in [6, 6.07) is 8.09. The van der Waals surface area contributed by atoms with Crippen LogP contribution in [-0.2, 0) is 6.18 Å².